The molecule has 0 aliphatic heterocycles. The molecule has 0 bridgehead atoms. The fourth-order valence-corrected chi connectivity index (χ4v) is 6.41. The Morgan fingerprint density at radius 2 is 1.67 bits per heavy atom. The summed E-state index contributed by atoms with van der Waals surface area (Å²) in [5, 5.41) is 9.00. The first-order chi connectivity index (χ1) is 23.1. The van der Waals surface area contributed by atoms with Crippen molar-refractivity contribution in [2.45, 2.75) is 38.3 Å². The number of rotatable bonds is 11. The summed E-state index contributed by atoms with van der Waals surface area (Å²) in [6.07, 6.45) is 3.38. The molecule has 2 atom stereocenters. The third-order valence-corrected chi connectivity index (χ3v) is 8.81. The van der Waals surface area contributed by atoms with Crippen LogP contribution in [0, 0.1) is 0 Å². The number of ether oxygens (including phenoxy) is 3. The highest BCUT2D eigenvalue weighted by atomic mass is 32.2. The highest BCUT2D eigenvalue weighted by Crippen LogP contribution is 2.50. The van der Waals surface area contributed by atoms with Crippen molar-refractivity contribution in [2.24, 2.45) is 0 Å². The first kappa shape index (κ1) is 34.1. The van der Waals surface area contributed by atoms with Crippen LogP contribution in [0.4, 0.5) is 11.4 Å². The molecule has 1 aliphatic rings. The molecule has 48 heavy (non-hydrogen) atoms. The number of hydrogen-bond acceptors (Lipinski definition) is 10. The standard InChI is InChI=1S/C34H37N5O8S/c1-17(40)35-22-9-6-18-14-28(45-2)30(46-3)31(47-4)29(18)20-8-11-24(27(41)16-21(20)22)37-25(12-13-48-5)32(42)36-19-7-10-23-26(15-19)39-34(44)33(43)38-23/h7-8,10-11,14-16,22,25H,6,9,12-13H2,1-5H3,(H,35,40)(H,36,42)(H,37,41)(H,38,43)(H,39,44)/t22-,25-/m0/s1. The maximum Gasteiger partial charge on any atom is 0.314 e. The third-order valence-electron chi connectivity index (χ3n) is 8.16. The summed E-state index contributed by atoms with van der Waals surface area (Å²) < 4.78 is 17.1. The molecule has 14 heteroatoms. The fraction of sp³-hybridized carbons (Fsp3) is 0.324. The number of fused-ring (bicyclic) bond motifs is 4. The molecule has 0 spiro atoms. The molecule has 5 N–H and O–H groups in total. The minimum absolute atomic E-state index is 0.187. The second kappa shape index (κ2) is 14.7. The quantitative estimate of drug-likeness (QED) is 0.148. The molecule has 5 rings (SSSR count). The van der Waals surface area contributed by atoms with Crippen molar-refractivity contribution in [3.05, 3.63) is 84.5 Å². The van der Waals surface area contributed by atoms with Gasteiger partial charge in [-0.05, 0) is 84.4 Å². The molecule has 0 saturated carbocycles. The molecule has 1 aromatic heterocycles. The summed E-state index contributed by atoms with van der Waals surface area (Å²) in [6, 6.07) is 10.2. The maximum atomic E-state index is 13.9. The number of aromatic nitrogens is 2. The molecule has 0 fully saturated rings. The lowest BCUT2D eigenvalue weighted by Gasteiger charge is -2.19. The SMILES string of the molecule is COc1cc2c(c(OC)c1OC)-c1ccc(N[C@@H](CCSC)C(=O)Nc3ccc4[nH]c(=O)c(=O)[nH]c4c3)c(=O)cc1[C@@H](NC(C)=O)CC2. The summed E-state index contributed by atoms with van der Waals surface area (Å²) in [7, 11) is 4.59. The van der Waals surface area contributed by atoms with Crippen molar-refractivity contribution in [1.29, 1.82) is 0 Å². The molecule has 0 unspecified atom stereocenters. The van der Waals surface area contributed by atoms with Gasteiger partial charge < -0.3 is 40.1 Å². The van der Waals surface area contributed by atoms with Crippen LogP contribution in [0.25, 0.3) is 22.2 Å². The van der Waals surface area contributed by atoms with E-state index in [1.807, 2.05) is 12.3 Å². The molecule has 13 nitrogen and oxygen atoms in total. The number of carbonyl (C=O) groups excluding carboxylic acids is 2. The van der Waals surface area contributed by atoms with Gasteiger partial charge >= 0.3 is 11.1 Å². The number of carbonyl (C=O) groups is 2. The Hall–Kier alpha value is -5.24. The maximum absolute atomic E-state index is 13.9. The number of aromatic amines is 2. The largest absolute Gasteiger partial charge is 0.493 e. The molecule has 3 aromatic carbocycles. The van der Waals surface area contributed by atoms with Gasteiger partial charge in [0.05, 0.1) is 44.1 Å². The van der Waals surface area contributed by atoms with Crippen molar-refractivity contribution in [3.8, 4) is 28.4 Å². The zero-order chi connectivity index (χ0) is 34.5. The molecule has 0 radical (unpaired) electrons. The van der Waals surface area contributed by atoms with Gasteiger partial charge in [-0.15, -0.1) is 0 Å². The van der Waals surface area contributed by atoms with E-state index in [9.17, 15) is 24.0 Å². The van der Waals surface area contributed by atoms with E-state index in [1.165, 1.54) is 27.2 Å². The number of H-pyrrole nitrogens is 2. The number of amides is 2. The summed E-state index contributed by atoms with van der Waals surface area (Å²) in [6.45, 7) is 1.43. The van der Waals surface area contributed by atoms with Gasteiger partial charge in [-0.2, -0.15) is 11.8 Å². The van der Waals surface area contributed by atoms with Gasteiger partial charge in [0.15, 0.2) is 11.5 Å². The van der Waals surface area contributed by atoms with E-state index < -0.39 is 29.1 Å². The van der Waals surface area contributed by atoms with Crippen LogP contribution in [0.1, 0.15) is 36.9 Å². The number of nitrogens with one attached hydrogen (secondary N) is 5. The van der Waals surface area contributed by atoms with Gasteiger partial charge in [0, 0.05) is 18.2 Å². The molecule has 1 aliphatic carbocycles. The lowest BCUT2D eigenvalue weighted by atomic mass is 9.95. The van der Waals surface area contributed by atoms with Gasteiger partial charge in [0.25, 0.3) is 0 Å². The molecule has 1 heterocycles. The third kappa shape index (κ3) is 7.03. The summed E-state index contributed by atoms with van der Waals surface area (Å²) in [4.78, 5) is 68.3. The van der Waals surface area contributed by atoms with Gasteiger partial charge in [-0.1, -0.05) is 6.07 Å². The molecular formula is C34H37N5O8S. The first-order valence-electron chi connectivity index (χ1n) is 15.2. The van der Waals surface area contributed by atoms with Crippen molar-refractivity contribution in [3.63, 3.8) is 0 Å². The summed E-state index contributed by atoms with van der Waals surface area (Å²) in [5.74, 6) is 1.30. The predicted molar refractivity (Wildman–Crippen MR) is 187 cm³/mol. The smallest absolute Gasteiger partial charge is 0.314 e. The molecule has 252 valence electrons. The van der Waals surface area contributed by atoms with Gasteiger partial charge in [-0.25, -0.2) is 0 Å². The number of aryl methyl sites for hydroxylation is 1. The topological polar surface area (TPSA) is 181 Å². The Balaban J connectivity index is 1.57. The van der Waals surface area contributed by atoms with E-state index in [2.05, 4.69) is 25.9 Å². The van der Waals surface area contributed by atoms with E-state index in [4.69, 9.17) is 14.2 Å². The minimum atomic E-state index is -0.810. The van der Waals surface area contributed by atoms with Crippen LogP contribution < -0.4 is 46.7 Å². The number of methoxy groups -OCH3 is 3. The van der Waals surface area contributed by atoms with Crippen molar-refractivity contribution < 1.29 is 23.8 Å². The average Bonchev–Trinajstić information content (AvgIpc) is 3.30. The number of thioether (sulfide) groups is 1. The van der Waals surface area contributed by atoms with Crippen molar-refractivity contribution >= 4 is 46.0 Å². The number of anilines is 2. The Morgan fingerprint density at radius 1 is 0.938 bits per heavy atom. The van der Waals surface area contributed by atoms with E-state index in [0.717, 1.165) is 5.56 Å². The van der Waals surface area contributed by atoms with Crippen LogP contribution in [0.5, 0.6) is 17.2 Å². The zero-order valence-electron chi connectivity index (χ0n) is 27.2. The lowest BCUT2D eigenvalue weighted by Crippen LogP contribution is -2.36. The minimum Gasteiger partial charge on any atom is -0.493 e. The Bertz CT molecular complexity index is 2060. The van der Waals surface area contributed by atoms with Crippen LogP contribution in [0.2, 0.25) is 0 Å². The Labute approximate surface area is 279 Å². The molecule has 2 amide bonds. The molecular weight excluding hydrogens is 638 g/mol. The number of benzene rings is 2. The highest BCUT2D eigenvalue weighted by molar-refractivity contribution is 7.98. The van der Waals surface area contributed by atoms with Gasteiger partial charge in [0.1, 0.15) is 6.04 Å². The fourth-order valence-electron chi connectivity index (χ4n) is 5.94. The lowest BCUT2D eigenvalue weighted by molar-refractivity contribution is -0.120. The zero-order valence-corrected chi connectivity index (χ0v) is 28.0. The van der Waals surface area contributed by atoms with Gasteiger partial charge in [-0.3, -0.25) is 24.0 Å². The average molecular weight is 676 g/mol. The van der Waals surface area contributed by atoms with Gasteiger partial charge in [0.2, 0.25) is 23.0 Å². The number of hydrogen-bond donors (Lipinski definition) is 5. The van der Waals surface area contributed by atoms with E-state index >= 15 is 0 Å². The van der Waals surface area contributed by atoms with Crippen LogP contribution in [0.3, 0.4) is 0 Å². The normalized spacial score (nSPS) is 14.1. The first-order valence-corrected chi connectivity index (χ1v) is 16.6. The second-order valence-electron chi connectivity index (χ2n) is 11.2. The predicted octanol–water partition coefficient (Wildman–Crippen LogP) is 3.57. The van der Waals surface area contributed by atoms with Crippen LogP contribution in [-0.4, -0.2) is 61.2 Å². The van der Waals surface area contributed by atoms with Crippen LogP contribution in [0.15, 0.2) is 56.8 Å². The van der Waals surface area contributed by atoms with Crippen LogP contribution in [-0.2, 0) is 16.0 Å². The van der Waals surface area contributed by atoms with E-state index in [1.54, 1.807) is 49.2 Å². The van der Waals surface area contributed by atoms with Crippen LogP contribution >= 0.6 is 11.8 Å². The Morgan fingerprint density at radius 3 is 2.33 bits per heavy atom. The van der Waals surface area contributed by atoms with E-state index in [-0.39, 0.29) is 17.0 Å². The van der Waals surface area contributed by atoms with E-state index in [0.29, 0.717) is 75.7 Å². The molecule has 0 saturated heterocycles. The van der Waals surface area contributed by atoms with Crippen molar-refractivity contribution in [2.75, 3.05) is 44.0 Å². The summed E-state index contributed by atoms with van der Waals surface area (Å²) >= 11 is 1.55. The molecule has 4 aromatic rings. The summed E-state index contributed by atoms with van der Waals surface area (Å²) in [5.41, 5.74) is 2.27. The second-order valence-corrected chi connectivity index (χ2v) is 12.2. The highest BCUT2D eigenvalue weighted by Gasteiger charge is 2.30. The monoisotopic (exact) mass is 675 g/mol. The Kier molecular flexibility index (Phi) is 10.4. The van der Waals surface area contributed by atoms with Crippen molar-refractivity contribution in [1.82, 2.24) is 15.3 Å².